The van der Waals surface area contributed by atoms with Crippen molar-refractivity contribution in [3.05, 3.63) is 59.7 Å². The van der Waals surface area contributed by atoms with Crippen molar-refractivity contribution in [3.8, 4) is 5.75 Å². The monoisotopic (exact) mass is 288 g/mol. The van der Waals surface area contributed by atoms with E-state index in [2.05, 4.69) is 10.3 Å². The SMILES string of the molecule is COc1ccc(C(=O)CNC(=O)c2cncc(F)c2)cc1. The van der Waals surface area contributed by atoms with Crippen molar-refractivity contribution in [2.45, 2.75) is 0 Å². The third kappa shape index (κ3) is 3.85. The maximum atomic E-state index is 12.9. The first kappa shape index (κ1) is 14.6. The minimum Gasteiger partial charge on any atom is -0.497 e. The van der Waals surface area contributed by atoms with Gasteiger partial charge in [0, 0.05) is 11.8 Å². The Kier molecular flexibility index (Phi) is 4.61. The summed E-state index contributed by atoms with van der Waals surface area (Å²) in [5, 5.41) is 2.43. The summed E-state index contributed by atoms with van der Waals surface area (Å²) < 4.78 is 17.9. The number of benzene rings is 1. The normalized spacial score (nSPS) is 10.0. The van der Waals surface area contributed by atoms with Gasteiger partial charge in [-0.1, -0.05) is 0 Å². The largest absolute Gasteiger partial charge is 0.497 e. The topological polar surface area (TPSA) is 68.3 Å². The number of nitrogens with zero attached hydrogens (tertiary/aromatic N) is 1. The van der Waals surface area contributed by atoms with Gasteiger partial charge in [0.2, 0.25) is 0 Å². The number of ketones is 1. The molecule has 2 aromatic rings. The molecule has 1 aromatic heterocycles. The van der Waals surface area contributed by atoms with Crippen LogP contribution in [-0.4, -0.2) is 30.3 Å². The number of carbonyl (C=O) groups is 2. The van der Waals surface area contributed by atoms with Gasteiger partial charge in [-0.3, -0.25) is 14.6 Å². The summed E-state index contributed by atoms with van der Waals surface area (Å²) in [5.41, 5.74) is 0.519. The Bertz CT molecular complexity index is 656. The lowest BCUT2D eigenvalue weighted by atomic mass is 10.1. The number of pyridine rings is 1. The summed E-state index contributed by atoms with van der Waals surface area (Å²) in [7, 11) is 1.53. The predicted molar refractivity (Wildman–Crippen MR) is 73.9 cm³/mol. The molecule has 0 radical (unpaired) electrons. The van der Waals surface area contributed by atoms with Crippen LogP contribution in [0.3, 0.4) is 0 Å². The number of Topliss-reactive ketones (excluding diaryl/α,β-unsaturated/α-hetero) is 1. The van der Waals surface area contributed by atoms with Crippen molar-refractivity contribution in [1.29, 1.82) is 0 Å². The van der Waals surface area contributed by atoms with Crippen LogP contribution in [0.5, 0.6) is 5.75 Å². The quantitative estimate of drug-likeness (QED) is 0.852. The highest BCUT2D eigenvalue weighted by molar-refractivity contribution is 6.02. The molecule has 0 fully saturated rings. The maximum absolute atomic E-state index is 12.9. The van der Waals surface area contributed by atoms with Gasteiger partial charge in [0.1, 0.15) is 11.6 Å². The molecule has 0 atom stereocenters. The number of hydrogen-bond donors (Lipinski definition) is 1. The number of ether oxygens (including phenoxy) is 1. The molecule has 6 heteroatoms. The average Bonchev–Trinajstić information content (AvgIpc) is 2.52. The lowest BCUT2D eigenvalue weighted by Gasteiger charge is -2.05. The molecule has 0 saturated heterocycles. The van der Waals surface area contributed by atoms with E-state index in [1.807, 2.05) is 0 Å². The Morgan fingerprint density at radius 2 is 1.90 bits per heavy atom. The van der Waals surface area contributed by atoms with Crippen molar-refractivity contribution in [3.63, 3.8) is 0 Å². The van der Waals surface area contributed by atoms with Gasteiger partial charge in [0.15, 0.2) is 5.78 Å². The number of carbonyl (C=O) groups excluding carboxylic acids is 2. The summed E-state index contributed by atoms with van der Waals surface area (Å²) in [5.74, 6) is -0.773. The van der Waals surface area contributed by atoms with Crippen LogP contribution in [0.2, 0.25) is 0 Å². The van der Waals surface area contributed by atoms with Gasteiger partial charge < -0.3 is 10.1 Å². The van der Waals surface area contributed by atoms with Gasteiger partial charge in [-0.15, -0.1) is 0 Å². The molecule has 2 rings (SSSR count). The van der Waals surface area contributed by atoms with Crippen LogP contribution in [0, 0.1) is 5.82 Å². The fourth-order valence-corrected chi connectivity index (χ4v) is 1.68. The highest BCUT2D eigenvalue weighted by Gasteiger charge is 2.11. The Hall–Kier alpha value is -2.76. The van der Waals surface area contributed by atoms with Gasteiger partial charge >= 0.3 is 0 Å². The molecule has 0 unspecified atom stereocenters. The van der Waals surface area contributed by atoms with E-state index in [9.17, 15) is 14.0 Å². The molecule has 0 spiro atoms. The number of hydrogen-bond acceptors (Lipinski definition) is 4. The Balaban J connectivity index is 1.95. The van der Waals surface area contributed by atoms with E-state index in [-0.39, 0.29) is 17.9 Å². The van der Waals surface area contributed by atoms with Gasteiger partial charge in [0.25, 0.3) is 5.91 Å². The van der Waals surface area contributed by atoms with Crippen molar-refractivity contribution >= 4 is 11.7 Å². The number of aromatic nitrogens is 1. The first-order valence-corrected chi connectivity index (χ1v) is 6.16. The van der Waals surface area contributed by atoms with Crippen molar-refractivity contribution in [2.75, 3.05) is 13.7 Å². The van der Waals surface area contributed by atoms with Gasteiger partial charge in [0.05, 0.1) is 25.4 Å². The van der Waals surface area contributed by atoms with E-state index < -0.39 is 11.7 Å². The second kappa shape index (κ2) is 6.60. The average molecular weight is 288 g/mol. The van der Waals surface area contributed by atoms with Crippen LogP contribution in [0.1, 0.15) is 20.7 Å². The number of rotatable bonds is 5. The molecule has 108 valence electrons. The summed E-state index contributed by atoms with van der Waals surface area (Å²) >= 11 is 0. The number of nitrogens with one attached hydrogen (secondary N) is 1. The zero-order chi connectivity index (χ0) is 15.2. The van der Waals surface area contributed by atoms with Gasteiger partial charge in [-0.05, 0) is 30.3 Å². The highest BCUT2D eigenvalue weighted by Crippen LogP contribution is 2.11. The first-order valence-electron chi connectivity index (χ1n) is 6.16. The molecule has 0 saturated carbocycles. The molecule has 0 aliphatic carbocycles. The van der Waals surface area contributed by atoms with Crippen molar-refractivity contribution in [2.24, 2.45) is 0 Å². The molecule has 0 bridgehead atoms. The molecule has 0 aliphatic heterocycles. The summed E-state index contributed by atoms with van der Waals surface area (Å²) in [6.45, 7) is -0.179. The van der Waals surface area contributed by atoms with E-state index in [0.717, 1.165) is 12.3 Å². The molecule has 1 heterocycles. The molecule has 5 nitrogen and oxygen atoms in total. The minimum absolute atomic E-state index is 0.0672. The molecule has 21 heavy (non-hydrogen) atoms. The maximum Gasteiger partial charge on any atom is 0.253 e. The summed E-state index contributed by atoms with van der Waals surface area (Å²) in [6, 6.07) is 7.59. The standard InChI is InChI=1S/C15H13FN2O3/c1-21-13-4-2-10(3-5-13)14(19)9-18-15(20)11-6-12(16)8-17-7-11/h2-8H,9H2,1H3,(H,18,20). The fraction of sp³-hybridized carbons (Fsp3) is 0.133. The minimum atomic E-state index is -0.607. The lowest BCUT2D eigenvalue weighted by molar-refractivity contribution is 0.0903. The third-order valence-corrected chi connectivity index (χ3v) is 2.79. The number of methoxy groups -OCH3 is 1. The van der Waals surface area contributed by atoms with Crippen LogP contribution in [0.25, 0.3) is 0 Å². The molecule has 1 N–H and O–H groups in total. The third-order valence-electron chi connectivity index (χ3n) is 2.79. The second-order valence-corrected chi connectivity index (χ2v) is 4.23. The molecule has 1 aromatic carbocycles. The molecular weight excluding hydrogens is 275 g/mol. The van der Waals surface area contributed by atoms with E-state index >= 15 is 0 Å². The first-order chi connectivity index (χ1) is 10.1. The predicted octanol–water partition coefficient (Wildman–Crippen LogP) is 1.84. The number of halogens is 1. The Morgan fingerprint density at radius 1 is 1.19 bits per heavy atom. The van der Waals surface area contributed by atoms with Gasteiger partial charge in [-0.2, -0.15) is 0 Å². The van der Waals surface area contributed by atoms with Crippen LogP contribution < -0.4 is 10.1 Å². The molecular formula is C15H13FN2O3. The smallest absolute Gasteiger partial charge is 0.253 e. The van der Waals surface area contributed by atoms with Crippen LogP contribution >= 0.6 is 0 Å². The fourth-order valence-electron chi connectivity index (χ4n) is 1.68. The lowest BCUT2D eigenvalue weighted by Crippen LogP contribution is -2.29. The summed E-state index contributed by atoms with van der Waals surface area (Å²) in [4.78, 5) is 27.2. The molecule has 0 aliphatic rings. The van der Waals surface area contributed by atoms with E-state index in [4.69, 9.17) is 4.74 Å². The Morgan fingerprint density at radius 3 is 2.52 bits per heavy atom. The van der Waals surface area contributed by atoms with Crippen LogP contribution in [0.15, 0.2) is 42.7 Å². The zero-order valence-electron chi connectivity index (χ0n) is 11.3. The molecule has 1 amide bonds. The van der Waals surface area contributed by atoms with Crippen molar-refractivity contribution in [1.82, 2.24) is 10.3 Å². The second-order valence-electron chi connectivity index (χ2n) is 4.23. The Labute approximate surface area is 120 Å². The van der Waals surface area contributed by atoms with Crippen LogP contribution in [-0.2, 0) is 0 Å². The van der Waals surface area contributed by atoms with E-state index in [1.54, 1.807) is 24.3 Å². The van der Waals surface area contributed by atoms with Gasteiger partial charge in [-0.25, -0.2) is 4.39 Å². The van der Waals surface area contributed by atoms with Crippen LogP contribution in [0.4, 0.5) is 4.39 Å². The zero-order valence-corrected chi connectivity index (χ0v) is 11.3. The summed E-state index contributed by atoms with van der Waals surface area (Å²) in [6.07, 6.45) is 2.23. The van der Waals surface area contributed by atoms with E-state index in [0.29, 0.717) is 11.3 Å². The number of amides is 1. The van der Waals surface area contributed by atoms with E-state index in [1.165, 1.54) is 13.3 Å². The van der Waals surface area contributed by atoms with Crippen molar-refractivity contribution < 1.29 is 18.7 Å². The highest BCUT2D eigenvalue weighted by atomic mass is 19.1.